The Kier molecular flexibility index (Phi) is 8.04. The Morgan fingerprint density at radius 1 is 1.03 bits per heavy atom. The third kappa shape index (κ3) is 5.99. The van der Waals surface area contributed by atoms with E-state index in [0.717, 1.165) is 33.8 Å². The fraction of sp³-hybridized carbons (Fsp3) is 0.522. The van der Waals surface area contributed by atoms with Crippen LogP contribution in [0.2, 0.25) is 0 Å². The fourth-order valence-electron chi connectivity index (χ4n) is 4.69. The van der Waals surface area contributed by atoms with Gasteiger partial charge in [0.2, 0.25) is 5.91 Å². The van der Waals surface area contributed by atoms with Crippen molar-refractivity contribution in [2.75, 3.05) is 26.2 Å². The summed E-state index contributed by atoms with van der Waals surface area (Å²) in [5.74, 6) is -0.142. The molecule has 1 N–H and O–H groups in total. The number of rotatable bonds is 7. The number of carbonyl (C=O) groups is 1. The van der Waals surface area contributed by atoms with E-state index < -0.39 is 16.1 Å². The van der Waals surface area contributed by atoms with E-state index in [1.165, 1.54) is 32.1 Å². The highest BCUT2D eigenvalue weighted by atomic mass is 79.9. The highest BCUT2D eigenvalue weighted by molar-refractivity contribution is 9.11. The smallest absolute Gasteiger partial charge is 0.250 e. The van der Waals surface area contributed by atoms with Crippen LogP contribution in [0.1, 0.15) is 37.7 Å². The molecular weight excluding hydrogens is 510 g/mol. The van der Waals surface area contributed by atoms with E-state index in [0.29, 0.717) is 25.6 Å². The topological polar surface area (TPSA) is 69.7 Å². The quantitative estimate of drug-likeness (QED) is 0.579. The Balaban J connectivity index is 1.46. The highest BCUT2D eigenvalue weighted by Gasteiger charge is 2.33. The van der Waals surface area contributed by atoms with Gasteiger partial charge < -0.3 is 4.90 Å². The van der Waals surface area contributed by atoms with E-state index in [9.17, 15) is 13.2 Å². The summed E-state index contributed by atoms with van der Waals surface area (Å²) in [6, 6.07) is 12.7. The molecule has 2 aromatic rings. The maximum atomic E-state index is 13.5. The second-order valence-electron chi connectivity index (χ2n) is 8.58. The molecule has 1 atom stereocenters. The Labute approximate surface area is 203 Å². The number of hydrogen-bond acceptors (Lipinski definition) is 5. The van der Waals surface area contributed by atoms with Crippen molar-refractivity contribution in [2.24, 2.45) is 0 Å². The number of halogens is 1. The maximum absolute atomic E-state index is 13.5. The van der Waals surface area contributed by atoms with Gasteiger partial charge in [-0.15, -0.1) is 11.3 Å². The van der Waals surface area contributed by atoms with E-state index in [1.54, 1.807) is 12.1 Å². The summed E-state index contributed by atoms with van der Waals surface area (Å²) >= 11 is 4.46. The van der Waals surface area contributed by atoms with Crippen LogP contribution in [-0.2, 0) is 21.2 Å². The molecule has 2 heterocycles. The zero-order valence-electron chi connectivity index (χ0n) is 18.1. The molecule has 0 unspecified atom stereocenters. The molecule has 0 radical (unpaired) electrons. The first-order valence-electron chi connectivity index (χ1n) is 11.3. The van der Waals surface area contributed by atoms with Gasteiger partial charge in [0.15, 0.2) is 0 Å². The lowest BCUT2D eigenvalue weighted by Crippen LogP contribution is -2.57. The van der Waals surface area contributed by atoms with Crippen molar-refractivity contribution in [1.29, 1.82) is 0 Å². The lowest BCUT2D eigenvalue weighted by Gasteiger charge is -2.41. The Hall–Kier alpha value is -1.26. The minimum Gasteiger partial charge on any atom is -0.339 e. The molecule has 1 amide bonds. The summed E-state index contributed by atoms with van der Waals surface area (Å²) < 4.78 is 29.6. The van der Waals surface area contributed by atoms with E-state index >= 15 is 0 Å². The molecule has 2 aliphatic rings. The molecular formula is C23H30BrN3O3S2. The van der Waals surface area contributed by atoms with Gasteiger partial charge in [-0.05, 0) is 52.9 Å². The van der Waals surface area contributed by atoms with Crippen molar-refractivity contribution < 1.29 is 13.2 Å². The molecule has 4 rings (SSSR count). The van der Waals surface area contributed by atoms with Gasteiger partial charge in [0.05, 0.1) is 3.79 Å². The third-order valence-electron chi connectivity index (χ3n) is 6.41. The zero-order chi connectivity index (χ0) is 22.6. The molecule has 2 fully saturated rings. The van der Waals surface area contributed by atoms with Crippen LogP contribution in [0.25, 0.3) is 0 Å². The number of carbonyl (C=O) groups excluding carboxylic acids is 1. The van der Waals surface area contributed by atoms with Gasteiger partial charge in [-0.25, -0.2) is 8.42 Å². The molecule has 0 spiro atoms. The molecule has 1 aromatic heterocycles. The summed E-state index contributed by atoms with van der Waals surface area (Å²) in [4.78, 5) is 17.8. The number of benzene rings is 1. The second kappa shape index (κ2) is 10.8. The number of sulfonamides is 1. The van der Waals surface area contributed by atoms with Gasteiger partial charge >= 0.3 is 0 Å². The van der Waals surface area contributed by atoms with Crippen LogP contribution < -0.4 is 4.72 Å². The van der Waals surface area contributed by atoms with Crippen molar-refractivity contribution >= 4 is 43.2 Å². The minimum atomic E-state index is -3.79. The summed E-state index contributed by atoms with van der Waals surface area (Å²) in [5, 5.41) is 0. The number of thiophene rings is 1. The first kappa shape index (κ1) is 23.9. The van der Waals surface area contributed by atoms with Crippen LogP contribution in [0.4, 0.5) is 0 Å². The fourth-order valence-corrected chi connectivity index (χ4v) is 7.91. The number of piperazine rings is 1. The average Bonchev–Trinajstić information content (AvgIpc) is 3.27. The van der Waals surface area contributed by atoms with Crippen LogP contribution in [0.5, 0.6) is 0 Å². The molecule has 32 heavy (non-hydrogen) atoms. The van der Waals surface area contributed by atoms with Crippen LogP contribution in [0, 0.1) is 0 Å². The largest absolute Gasteiger partial charge is 0.339 e. The first-order valence-corrected chi connectivity index (χ1v) is 14.4. The van der Waals surface area contributed by atoms with E-state index in [-0.39, 0.29) is 10.1 Å². The third-order valence-corrected chi connectivity index (χ3v) is 10.00. The second-order valence-corrected chi connectivity index (χ2v) is 13.0. The molecule has 174 valence electrons. The molecule has 1 aromatic carbocycles. The van der Waals surface area contributed by atoms with Crippen molar-refractivity contribution in [1.82, 2.24) is 14.5 Å². The molecule has 6 nitrogen and oxygen atoms in total. The number of nitrogens with zero attached hydrogens (tertiary/aromatic N) is 2. The van der Waals surface area contributed by atoms with E-state index in [2.05, 4.69) is 25.6 Å². The molecule has 1 saturated heterocycles. The lowest BCUT2D eigenvalue weighted by molar-refractivity contribution is -0.135. The number of hydrogen-bond donors (Lipinski definition) is 1. The SMILES string of the molecule is O=C([C@@H](Cc1ccccc1)NS(=O)(=O)c1ccc(Br)s1)N1CCN(C2CCCCC2)CC1. The molecule has 9 heteroatoms. The summed E-state index contributed by atoms with van der Waals surface area (Å²) in [5.41, 5.74) is 0.932. The average molecular weight is 541 g/mol. The number of nitrogens with one attached hydrogen (secondary N) is 1. The van der Waals surface area contributed by atoms with Crippen molar-refractivity contribution in [3.63, 3.8) is 0 Å². The normalized spacial score (nSPS) is 19.7. The summed E-state index contributed by atoms with van der Waals surface area (Å²) in [7, 11) is -3.79. The van der Waals surface area contributed by atoms with Crippen LogP contribution in [0.3, 0.4) is 0 Å². The zero-order valence-corrected chi connectivity index (χ0v) is 21.3. The van der Waals surface area contributed by atoms with Crippen LogP contribution in [-0.4, -0.2) is 62.4 Å². The van der Waals surface area contributed by atoms with Gasteiger partial charge in [0.25, 0.3) is 10.0 Å². The molecule has 1 aliphatic carbocycles. The molecule has 1 saturated carbocycles. The van der Waals surface area contributed by atoms with E-state index in [4.69, 9.17) is 0 Å². The lowest BCUT2D eigenvalue weighted by atomic mass is 9.94. The van der Waals surface area contributed by atoms with E-state index in [1.807, 2.05) is 35.2 Å². The summed E-state index contributed by atoms with van der Waals surface area (Å²) in [6.45, 7) is 3.01. The van der Waals surface area contributed by atoms with Gasteiger partial charge in [-0.2, -0.15) is 4.72 Å². The van der Waals surface area contributed by atoms with Gasteiger partial charge in [-0.1, -0.05) is 49.6 Å². The van der Waals surface area contributed by atoms with Gasteiger partial charge in [-0.3, -0.25) is 9.69 Å². The predicted octanol–water partition coefficient (Wildman–Crippen LogP) is 3.88. The predicted molar refractivity (Wildman–Crippen MR) is 131 cm³/mol. The Morgan fingerprint density at radius 3 is 2.34 bits per heavy atom. The maximum Gasteiger partial charge on any atom is 0.250 e. The van der Waals surface area contributed by atoms with Crippen molar-refractivity contribution in [2.45, 2.75) is 54.8 Å². The highest BCUT2D eigenvalue weighted by Crippen LogP contribution is 2.27. The van der Waals surface area contributed by atoms with Gasteiger partial charge in [0, 0.05) is 32.2 Å². The number of amides is 1. The van der Waals surface area contributed by atoms with Crippen molar-refractivity contribution in [3.05, 3.63) is 51.8 Å². The van der Waals surface area contributed by atoms with Crippen LogP contribution >= 0.6 is 27.3 Å². The minimum absolute atomic E-state index is 0.142. The Bertz CT molecular complexity index is 999. The Morgan fingerprint density at radius 2 is 1.72 bits per heavy atom. The van der Waals surface area contributed by atoms with Gasteiger partial charge in [0.1, 0.15) is 10.3 Å². The molecule has 1 aliphatic heterocycles. The first-order chi connectivity index (χ1) is 15.4. The van der Waals surface area contributed by atoms with Crippen LogP contribution in [0.15, 0.2) is 50.5 Å². The summed E-state index contributed by atoms with van der Waals surface area (Å²) in [6.07, 6.45) is 6.75. The van der Waals surface area contributed by atoms with Crippen molar-refractivity contribution in [3.8, 4) is 0 Å². The monoisotopic (exact) mass is 539 g/mol. The standard InChI is InChI=1S/C23H30BrN3O3S2/c24-21-11-12-22(31-21)32(29,30)25-20(17-18-7-3-1-4-8-18)23(28)27-15-13-26(14-16-27)19-9-5-2-6-10-19/h1,3-4,7-8,11-12,19-20,25H,2,5-6,9-10,13-17H2/t20-/m1/s1. The molecule has 0 bridgehead atoms.